The zero-order valence-corrected chi connectivity index (χ0v) is 30.8. The Morgan fingerprint density at radius 1 is 1.17 bits per heavy atom. The number of nitriles is 1. The standard InChI is InChI=1S/C40H44F3N7OS/c1-6-37(51)48-36-18-26(10-13-46-36)28-16-30(17-28)50-31(22-44)19-33-25(5)27(8-9-35(33)50)23-49-14-11-29(12-15-49)47-39(45-7-2)34-20-32(21-40(41,42)43)52-38(34)24(3)4/h6-10,13,18-20,28-30,47H,1,11-12,14-17,21,23H2,2-5H3,(H,46,48,51)/b39-34+,45-7-. The van der Waals surface area contributed by atoms with Crippen LogP contribution in [-0.2, 0) is 17.8 Å². The molecule has 1 aromatic carbocycles. The summed E-state index contributed by atoms with van der Waals surface area (Å²) >= 11 is 1.19. The molecular weight excluding hydrogens is 684 g/mol. The molecule has 8 nitrogen and oxygen atoms in total. The molecule has 12 heteroatoms. The number of carbonyl (C=O) groups excluding carboxylic acids is 1. The maximum atomic E-state index is 13.2. The van der Waals surface area contributed by atoms with Gasteiger partial charge in [-0.25, -0.2) is 9.98 Å². The molecule has 4 heterocycles. The summed E-state index contributed by atoms with van der Waals surface area (Å²) in [7, 11) is 0. The second-order valence-electron chi connectivity index (χ2n) is 14.0. The van der Waals surface area contributed by atoms with Crippen LogP contribution in [0.3, 0.4) is 0 Å². The summed E-state index contributed by atoms with van der Waals surface area (Å²) in [5.41, 5.74) is 6.23. The number of thiophene rings is 1. The molecule has 1 saturated carbocycles. The Kier molecular flexibility index (Phi) is 11.0. The van der Waals surface area contributed by atoms with Gasteiger partial charge < -0.3 is 15.2 Å². The number of aryl methyl sites for hydroxylation is 1. The van der Waals surface area contributed by atoms with Crippen LogP contribution >= 0.6 is 11.3 Å². The molecule has 1 aliphatic carbocycles. The minimum absolute atomic E-state index is 0.151. The molecular formula is C40H44F3N7OS. The van der Waals surface area contributed by atoms with Crippen molar-refractivity contribution in [3.05, 3.63) is 92.3 Å². The molecule has 0 bridgehead atoms. The van der Waals surface area contributed by atoms with Gasteiger partial charge in [-0.3, -0.25) is 9.69 Å². The number of rotatable bonds is 10. The number of anilines is 1. The van der Waals surface area contributed by atoms with Gasteiger partial charge in [0, 0.05) is 69.7 Å². The highest BCUT2D eigenvalue weighted by Gasteiger charge is 2.34. The topological polar surface area (TPSA) is 98.3 Å². The minimum Gasteiger partial charge on any atom is -0.367 e. The number of fused-ring (bicyclic) bond motifs is 1. The zero-order valence-electron chi connectivity index (χ0n) is 30.0. The van der Waals surface area contributed by atoms with E-state index in [0.29, 0.717) is 23.3 Å². The number of halogens is 3. The molecule has 1 amide bonds. The van der Waals surface area contributed by atoms with Gasteiger partial charge in [0.2, 0.25) is 5.91 Å². The molecule has 6 rings (SSSR count). The Hall–Kier alpha value is -4.73. The fourth-order valence-corrected chi connectivity index (χ4v) is 8.56. The smallest absolute Gasteiger partial charge is 0.367 e. The first kappa shape index (κ1) is 37.0. The molecule has 272 valence electrons. The van der Waals surface area contributed by atoms with E-state index in [2.05, 4.69) is 61.8 Å². The van der Waals surface area contributed by atoms with Gasteiger partial charge in [0.25, 0.3) is 0 Å². The molecule has 52 heavy (non-hydrogen) atoms. The van der Waals surface area contributed by atoms with Gasteiger partial charge in [0.15, 0.2) is 0 Å². The van der Waals surface area contributed by atoms with Crippen molar-refractivity contribution in [1.82, 2.24) is 19.8 Å². The maximum Gasteiger partial charge on any atom is 0.393 e. The molecule has 0 unspecified atom stereocenters. The van der Waals surface area contributed by atoms with Crippen LogP contribution in [0.2, 0.25) is 0 Å². The number of carbonyl (C=O) groups is 1. The summed E-state index contributed by atoms with van der Waals surface area (Å²) in [5.74, 6) is 1.15. The van der Waals surface area contributed by atoms with Crippen LogP contribution in [0.5, 0.6) is 0 Å². The number of alkyl halides is 3. The van der Waals surface area contributed by atoms with Gasteiger partial charge in [0.1, 0.15) is 23.4 Å². The number of nitrogens with zero attached hydrogens (tertiary/aromatic N) is 5. The zero-order chi connectivity index (χ0) is 37.2. The van der Waals surface area contributed by atoms with Crippen molar-refractivity contribution >= 4 is 51.6 Å². The van der Waals surface area contributed by atoms with E-state index >= 15 is 0 Å². The third kappa shape index (κ3) is 8.16. The Morgan fingerprint density at radius 2 is 1.92 bits per heavy atom. The molecule has 1 aliphatic heterocycles. The number of likely N-dealkylation sites (tertiary alicyclic amines) is 1. The lowest BCUT2D eigenvalue weighted by Gasteiger charge is -2.38. The first-order chi connectivity index (χ1) is 24.9. The van der Waals surface area contributed by atoms with Crippen LogP contribution in [0.4, 0.5) is 19.0 Å². The Labute approximate surface area is 306 Å². The monoisotopic (exact) mass is 727 g/mol. The quantitative estimate of drug-likeness (QED) is 0.133. The highest BCUT2D eigenvalue weighted by atomic mass is 32.1. The Bertz CT molecular complexity index is 2170. The first-order valence-electron chi connectivity index (χ1n) is 17.6. The predicted molar refractivity (Wildman–Crippen MR) is 203 cm³/mol. The van der Waals surface area contributed by atoms with Crippen molar-refractivity contribution in [3.8, 4) is 6.07 Å². The molecule has 4 aromatic rings. The highest BCUT2D eigenvalue weighted by molar-refractivity contribution is 7.09. The highest BCUT2D eigenvalue weighted by Crippen LogP contribution is 2.47. The number of aromatic nitrogens is 2. The van der Waals surface area contributed by atoms with Crippen molar-refractivity contribution in [3.63, 3.8) is 0 Å². The number of amides is 1. The van der Waals surface area contributed by atoms with Crippen molar-refractivity contribution in [1.29, 1.82) is 5.26 Å². The van der Waals surface area contributed by atoms with Gasteiger partial charge in [0.05, 0.1) is 6.42 Å². The first-order valence-corrected chi connectivity index (χ1v) is 18.5. The van der Waals surface area contributed by atoms with Crippen molar-refractivity contribution < 1.29 is 18.0 Å². The summed E-state index contributed by atoms with van der Waals surface area (Å²) in [6.07, 6.45) is 2.95. The van der Waals surface area contributed by atoms with Crippen molar-refractivity contribution in [2.45, 2.75) is 90.5 Å². The van der Waals surface area contributed by atoms with E-state index in [1.807, 2.05) is 39.0 Å². The van der Waals surface area contributed by atoms with E-state index in [4.69, 9.17) is 0 Å². The fraction of sp³-hybridized carbons (Fsp3) is 0.400. The van der Waals surface area contributed by atoms with E-state index in [9.17, 15) is 23.2 Å². The Morgan fingerprint density at radius 3 is 2.58 bits per heavy atom. The molecule has 2 N–H and O–H groups in total. The van der Waals surface area contributed by atoms with Gasteiger partial charge in [-0.15, -0.1) is 11.3 Å². The number of benzene rings is 1. The molecule has 1 saturated heterocycles. The van der Waals surface area contributed by atoms with Gasteiger partial charge in [-0.2, -0.15) is 18.4 Å². The lowest BCUT2D eigenvalue weighted by atomic mass is 9.75. The number of pyridine rings is 1. The largest absolute Gasteiger partial charge is 0.393 e. The van der Waals surface area contributed by atoms with Crippen LogP contribution in [0.15, 0.2) is 60.2 Å². The van der Waals surface area contributed by atoms with Gasteiger partial charge >= 0.3 is 6.18 Å². The molecule has 0 atom stereocenters. The van der Waals surface area contributed by atoms with Crippen molar-refractivity contribution in [2.24, 2.45) is 4.99 Å². The third-order valence-electron chi connectivity index (χ3n) is 10.1. The van der Waals surface area contributed by atoms with Gasteiger partial charge in [-0.1, -0.05) is 18.2 Å². The van der Waals surface area contributed by atoms with Crippen LogP contribution < -0.4 is 20.4 Å². The number of hydrogen-bond acceptors (Lipinski definition) is 7. The average Bonchev–Trinajstić information content (AvgIpc) is 3.67. The summed E-state index contributed by atoms with van der Waals surface area (Å²) in [6, 6.07) is 14.7. The fourth-order valence-electron chi connectivity index (χ4n) is 7.41. The molecule has 0 spiro atoms. The van der Waals surface area contributed by atoms with Crippen LogP contribution in [0, 0.1) is 18.3 Å². The SMILES string of the molecule is C=CC(=O)Nc1cc(C2CC(n3c(C#N)cc4c(C)c(CN5CCC(NC(/N=C\C)=c6\cc(CC(F)(F)F)sc6=C(C)C)CC5)ccc43)C2)ccn1. The molecule has 2 fully saturated rings. The molecule has 0 radical (unpaired) electrons. The number of hydrogen-bond donors (Lipinski definition) is 2. The number of aliphatic imine (C=N–C) groups is 1. The minimum atomic E-state index is -4.26. The summed E-state index contributed by atoms with van der Waals surface area (Å²) in [5, 5.41) is 18.3. The van der Waals surface area contributed by atoms with Crippen LogP contribution in [0.25, 0.3) is 22.3 Å². The number of piperidine rings is 1. The number of nitrogens with one attached hydrogen (secondary N) is 2. The van der Waals surface area contributed by atoms with E-state index in [1.165, 1.54) is 28.5 Å². The average molecular weight is 728 g/mol. The van der Waals surface area contributed by atoms with Crippen LogP contribution in [-0.4, -0.2) is 51.9 Å². The third-order valence-corrected chi connectivity index (χ3v) is 11.5. The van der Waals surface area contributed by atoms with Crippen molar-refractivity contribution in [2.75, 3.05) is 18.4 Å². The van der Waals surface area contributed by atoms with Gasteiger partial charge in [-0.05, 0) is 112 Å². The van der Waals surface area contributed by atoms with E-state index in [0.717, 1.165) is 77.1 Å². The van der Waals surface area contributed by atoms with E-state index in [-0.39, 0.29) is 22.9 Å². The summed E-state index contributed by atoms with van der Waals surface area (Å²) in [6.45, 7) is 13.8. The maximum absolute atomic E-state index is 13.2. The Balaban J connectivity index is 1.13. The predicted octanol–water partition coefficient (Wildman–Crippen LogP) is 7.23. The lowest BCUT2D eigenvalue weighted by molar-refractivity contribution is -0.126. The molecule has 2 aliphatic rings. The summed E-state index contributed by atoms with van der Waals surface area (Å²) < 4.78 is 42.7. The van der Waals surface area contributed by atoms with Crippen LogP contribution in [0.1, 0.15) is 85.7 Å². The second-order valence-corrected chi connectivity index (χ2v) is 15.1. The van der Waals surface area contributed by atoms with E-state index in [1.54, 1.807) is 18.5 Å². The molecule has 3 aromatic heterocycles. The normalized spacial score (nSPS) is 19.0. The summed E-state index contributed by atoms with van der Waals surface area (Å²) in [4.78, 5) is 23.3. The second kappa shape index (κ2) is 15.5. The lowest BCUT2D eigenvalue weighted by Crippen LogP contribution is -2.43. The van der Waals surface area contributed by atoms with E-state index < -0.39 is 12.6 Å².